The molecule has 0 spiro atoms. The van der Waals surface area contributed by atoms with Crippen molar-refractivity contribution in [1.29, 1.82) is 0 Å². The molecule has 0 aliphatic heterocycles. The van der Waals surface area contributed by atoms with Crippen molar-refractivity contribution < 1.29 is 13.2 Å². The average molecular weight is 417 g/mol. The summed E-state index contributed by atoms with van der Waals surface area (Å²) in [6, 6.07) is 10.1. The lowest BCUT2D eigenvalue weighted by Gasteiger charge is -2.12. The van der Waals surface area contributed by atoms with Crippen molar-refractivity contribution >= 4 is 43.2 Å². The zero-order chi connectivity index (χ0) is 16.9. The standard InChI is InChI=1S/C15H17BrN2O3S2/c1-11(14-3-2-10-22-14)18-15(19)8-9-17-23(20,21)13-6-4-12(16)5-7-13/h2-7,10-11,17H,8-9H2,1H3,(H,18,19). The molecule has 2 aromatic rings. The van der Waals surface area contributed by atoms with Crippen LogP contribution in [-0.2, 0) is 14.8 Å². The average Bonchev–Trinajstić information content (AvgIpc) is 3.01. The Hall–Kier alpha value is -1.22. The first kappa shape index (κ1) is 18.1. The third-order valence-corrected chi connectivity index (χ3v) is 6.18. The summed E-state index contributed by atoms with van der Waals surface area (Å²) in [7, 11) is -3.59. The van der Waals surface area contributed by atoms with Crippen molar-refractivity contribution in [2.75, 3.05) is 6.54 Å². The van der Waals surface area contributed by atoms with Gasteiger partial charge in [-0.25, -0.2) is 13.1 Å². The molecule has 1 unspecified atom stereocenters. The zero-order valence-electron chi connectivity index (χ0n) is 12.5. The number of benzene rings is 1. The van der Waals surface area contributed by atoms with Crippen LogP contribution in [0.25, 0.3) is 0 Å². The molecule has 0 fully saturated rings. The first-order chi connectivity index (χ1) is 10.9. The number of amides is 1. The van der Waals surface area contributed by atoms with Gasteiger partial charge < -0.3 is 5.32 Å². The second-order valence-electron chi connectivity index (χ2n) is 4.91. The molecule has 1 aromatic heterocycles. The van der Waals surface area contributed by atoms with Crippen LogP contribution in [0.4, 0.5) is 0 Å². The quantitative estimate of drug-likeness (QED) is 0.727. The molecule has 5 nitrogen and oxygen atoms in total. The van der Waals surface area contributed by atoms with Crippen LogP contribution in [0.3, 0.4) is 0 Å². The predicted molar refractivity (Wildman–Crippen MR) is 94.8 cm³/mol. The van der Waals surface area contributed by atoms with Crippen LogP contribution in [0, 0.1) is 0 Å². The maximum atomic E-state index is 12.1. The van der Waals surface area contributed by atoms with E-state index in [4.69, 9.17) is 0 Å². The molecule has 2 N–H and O–H groups in total. The molecule has 2 rings (SSSR count). The van der Waals surface area contributed by atoms with E-state index in [-0.39, 0.29) is 29.8 Å². The minimum absolute atomic E-state index is 0.0569. The molecule has 0 bridgehead atoms. The number of nitrogens with one attached hydrogen (secondary N) is 2. The van der Waals surface area contributed by atoms with Crippen LogP contribution < -0.4 is 10.0 Å². The highest BCUT2D eigenvalue weighted by Gasteiger charge is 2.15. The Bertz CT molecular complexity index is 744. The van der Waals surface area contributed by atoms with E-state index in [0.29, 0.717) is 0 Å². The summed E-state index contributed by atoms with van der Waals surface area (Å²) in [5, 5.41) is 4.79. The summed E-state index contributed by atoms with van der Waals surface area (Å²) in [4.78, 5) is 13.1. The molecule has 1 atom stereocenters. The summed E-state index contributed by atoms with van der Waals surface area (Å²) in [6.07, 6.45) is 0.0888. The molecule has 0 saturated carbocycles. The molecule has 1 aromatic carbocycles. The normalized spacial score (nSPS) is 12.8. The van der Waals surface area contributed by atoms with Gasteiger partial charge in [-0.15, -0.1) is 11.3 Å². The lowest BCUT2D eigenvalue weighted by atomic mass is 10.2. The fraction of sp³-hybridized carbons (Fsp3) is 0.267. The number of carbonyl (C=O) groups is 1. The minimum Gasteiger partial charge on any atom is -0.349 e. The highest BCUT2D eigenvalue weighted by molar-refractivity contribution is 9.10. The Morgan fingerprint density at radius 2 is 1.96 bits per heavy atom. The van der Waals surface area contributed by atoms with Crippen molar-refractivity contribution in [3.8, 4) is 0 Å². The van der Waals surface area contributed by atoms with Crippen molar-refractivity contribution in [2.45, 2.75) is 24.3 Å². The number of sulfonamides is 1. The Kier molecular flexibility index (Phi) is 6.34. The summed E-state index contributed by atoms with van der Waals surface area (Å²) < 4.78 is 27.4. The lowest BCUT2D eigenvalue weighted by molar-refractivity contribution is -0.121. The third kappa shape index (κ3) is 5.42. The first-order valence-corrected chi connectivity index (χ1v) is 10.1. The monoisotopic (exact) mass is 416 g/mol. The van der Waals surface area contributed by atoms with Crippen LogP contribution in [0.2, 0.25) is 0 Å². The van der Waals surface area contributed by atoms with Gasteiger partial charge in [0, 0.05) is 22.3 Å². The zero-order valence-corrected chi connectivity index (χ0v) is 15.7. The molecule has 0 aliphatic rings. The summed E-state index contributed by atoms with van der Waals surface area (Å²) in [6.45, 7) is 1.96. The molecule has 23 heavy (non-hydrogen) atoms. The van der Waals surface area contributed by atoms with Gasteiger partial charge >= 0.3 is 0 Å². The van der Waals surface area contributed by atoms with Crippen LogP contribution in [-0.4, -0.2) is 20.9 Å². The van der Waals surface area contributed by atoms with Gasteiger partial charge in [0.15, 0.2) is 0 Å². The highest BCUT2D eigenvalue weighted by Crippen LogP contribution is 2.18. The second kappa shape index (κ2) is 8.05. The number of hydrogen-bond donors (Lipinski definition) is 2. The lowest BCUT2D eigenvalue weighted by Crippen LogP contribution is -2.31. The Morgan fingerprint density at radius 1 is 1.26 bits per heavy atom. The van der Waals surface area contributed by atoms with E-state index in [1.54, 1.807) is 23.5 Å². The van der Waals surface area contributed by atoms with E-state index >= 15 is 0 Å². The van der Waals surface area contributed by atoms with Crippen molar-refractivity contribution in [3.63, 3.8) is 0 Å². The van der Waals surface area contributed by atoms with Crippen LogP contribution >= 0.6 is 27.3 Å². The van der Waals surface area contributed by atoms with Gasteiger partial charge in [0.05, 0.1) is 10.9 Å². The molecule has 0 saturated heterocycles. The largest absolute Gasteiger partial charge is 0.349 e. The fourth-order valence-corrected chi connectivity index (χ4v) is 3.95. The second-order valence-corrected chi connectivity index (χ2v) is 8.57. The Labute approximate surface area is 148 Å². The number of halogens is 1. The van der Waals surface area contributed by atoms with Gasteiger partial charge in [-0.3, -0.25) is 4.79 Å². The van der Waals surface area contributed by atoms with E-state index in [9.17, 15) is 13.2 Å². The summed E-state index contributed by atoms with van der Waals surface area (Å²) >= 11 is 4.83. The van der Waals surface area contributed by atoms with E-state index in [2.05, 4.69) is 26.0 Å². The van der Waals surface area contributed by atoms with Gasteiger partial charge in [0.1, 0.15) is 0 Å². The third-order valence-electron chi connectivity index (χ3n) is 3.12. The van der Waals surface area contributed by atoms with Crippen molar-refractivity contribution in [2.24, 2.45) is 0 Å². The van der Waals surface area contributed by atoms with E-state index in [0.717, 1.165) is 9.35 Å². The minimum atomic E-state index is -3.59. The molecular formula is C15H17BrN2O3S2. The van der Waals surface area contributed by atoms with Gasteiger partial charge in [0.25, 0.3) is 0 Å². The van der Waals surface area contributed by atoms with Crippen LogP contribution in [0.15, 0.2) is 51.1 Å². The van der Waals surface area contributed by atoms with Crippen molar-refractivity contribution in [3.05, 3.63) is 51.1 Å². The predicted octanol–water partition coefficient (Wildman–Crippen LogP) is 3.06. The smallest absolute Gasteiger partial charge is 0.240 e. The van der Waals surface area contributed by atoms with Gasteiger partial charge in [-0.1, -0.05) is 22.0 Å². The van der Waals surface area contributed by atoms with Gasteiger partial charge in [-0.05, 0) is 42.6 Å². The molecule has 0 radical (unpaired) electrons. The van der Waals surface area contributed by atoms with Crippen LogP contribution in [0.1, 0.15) is 24.3 Å². The Balaban J connectivity index is 1.82. The number of carbonyl (C=O) groups excluding carboxylic acids is 1. The van der Waals surface area contributed by atoms with E-state index in [1.165, 1.54) is 12.1 Å². The summed E-state index contributed by atoms with van der Waals surface area (Å²) in [5.41, 5.74) is 0. The fourth-order valence-electron chi connectivity index (χ4n) is 1.92. The molecule has 1 heterocycles. The molecule has 8 heteroatoms. The summed E-state index contributed by atoms with van der Waals surface area (Å²) in [5.74, 6) is -0.190. The topological polar surface area (TPSA) is 75.3 Å². The van der Waals surface area contributed by atoms with Gasteiger partial charge in [0.2, 0.25) is 15.9 Å². The molecular weight excluding hydrogens is 400 g/mol. The highest BCUT2D eigenvalue weighted by atomic mass is 79.9. The molecule has 0 aliphatic carbocycles. The van der Waals surface area contributed by atoms with Crippen LogP contribution in [0.5, 0.6) is 0 Å². The van der Waals surface area contributed by atoms with E-state index in [1.807, 2.05) is 24.4 Å². The van der Waals surface area contributed by atoms with E-state index < -0.39 is 10.0 Å². The Morgan fingerprint density at radius 3 is 2.57 bits per heavy atom. The number of rotatable bonds is 7. The van der Waals surface area contributed by atoms with Gasteiger partial charge in [-0.2, -0.15) is 0 Å². The first-order valence-electron chi connectivity index (χ1n) is 6.96. The number of thiophene rings is 1. The van der Waals surface area contributed by atoms with Crippen molar-refractivity contribution in [1.82, 2.24) is 10.0 Å². The SMILES string of the molecule is CC(NC(=O)CCNS(=O)(=O)c1ccc(Br)cc1)c1cccs1. The molecule has 124 valence electrons. The maximum absolute atomic E-state index is 12.1. The molecule has 1 amide bonds. The number of hydrogen-bond acceptors (Lipinski definition) is 4. The maximum Gasteiger partial charge on any atom is 0.240 e.